The van der Waals surface area contributed by atoms with E-state index in [2.05, 4.69) is 15.5 Å². The molecule has 4 aromatic rings. The quantitative estimate of drug-likeness (QED) is 0.489. The number of nitrogens with zero attached hydrogens (tertiary/aromatic N) is 2. The predicted octanol–water partition coefficient (Wildman–Crippen LogP) is 4.54. The molecule has 1 atom stereocenters. The Bertz CT molecular complexity index is 1170. The molecule has 0 spiro atoms. The zero-order valence-electron chi connectivity index (χ0n) is 15.6. The Kier molecular flexibility index (Phi) is 4.83. The summed E-state index contributed by atoms with van der Waals surface area (Å²) in [6.45, 7) is 3.98. The number of para-hydroxylation sites is 1. The van der Waals surface area contributed by atoms with Crippen molar-refractivity contribution in [3.63, 3.8) is 0 Å². The number of amides is 1. The first-order valence-corrected chi connectivity index (χ1v) is 9.42. The van der Waals surface area contributed by atoms with Gasteiger partial charge in [-0.15, -0.1) is 0 Å². The van der Waals surface area contributed by atoms with Gasteiger partial charge in [0.05, 0.1) is 6.04 Å². The van der Waals surface area contributed by atoms with E-state index in [1.807, 2.05) is 68.4 Å². The fourth-order valence-electron chi connectivity index (χ4n) is 3.19. The number of nitrogens with one attached hydrogen (secondary N) is 2. The summed E-state index contributed by atoms with van der Waals surface area (Å²) in [5, 5.41) is 11.1. The smallest absolute Gasteiger partial charge is 0.240 e. The summed E-state index contributed by atoms with van der Waals surface area (Å²) in [4.78, 5) is 12.7. The Labute approximate surface area is 167 Å². The normalized spacial score (nSPS) is 12.2. The Morgan fingerprint density at radius 3 is 2.86 bits per heavy atom. The number of aryl methyl sites for hydroxylation is 1. The molecule has 0 fully saturated rings. The van der Waals surface area contributed by atoms with Gasteiger partial charge in [0.15, 0.2) is 10.6 Å². The van der Waals surface area contributed by atoms with Crippen LogP contribution in [-0.4, -0.2) is 20.7 Å². The number of carbonyl (C=O) groups excluding carboxylic acids is 1. The van der Waals surface area contributed by atoms with Gasteiger partial charge < -0.3 is 9.73 Å². The third-order valence-corrected chi connectivity index (χ3v) is 4.90. The number of aromatic nitrogens is 3. The van der Waals surface area contributed by atoms with Crippen molar-refractivity contribution < 1.29 is 9.21 Å². The van der Waals surface area contributed by atoms with Crippen molar-refractivity contribution in [3.05, 3.63) is 70.7 Å². The largest absolute Gasteiger partial charge is 0.459 e. The van der Waals surface area contributed by atoms with Crippen molar-refractivity contribution in [1.82, 2.24) is 20.1 Å². The second kappa shape index (κ2) is 7.44. The molecule has 0 aliphatic carbocycles. The van der Waals surface area contributed by atoms with Gasteiger partial charge in [0.25, 0.3) is 0 Å². The van der Waals surface area contributed by atoms with Gasteiger partial charge in [-0.2, -0.15) is 5.10 Å². The highest BCUT2D eigenvalue weighted by molar-refractivity contribution is 7.71. The first-order chi connectivity index (χ1) is 13.5. The van der Waals surface area contributed by atoms with Gasteiger partial charge in [-0.1, -0.05) is 42.0 Å². The average molecular weight is 392 g/mol. The van der Waals surface area contributed by atoms with E-state index in [1.165, 1.54) is 0 Å². The SMILES string of the molecule is Cc1cccc(-c2n[nH]c(=S)n2CC(=O)NC(C)c2cc3ccccc3o2)c1. The molecule has 6 nitrogen and oxygen atoms in total. The number of H-pyrrole nitrogens is 1. The van der Waals surface area contributed by atoms with Crippen LogP contribution in [0, 0.1) is 11.7 Å². The molecule has 0 aliphatic heterocycles. The van der Waals surface area contributed by atoms with Crippen LogP contribution in [0.3, 0.4) is 0 Å². The van der Waals surface area contributed by atoms with E-state index in [4.69, 9.17) is 16.6 Å². The van der Waals surface area contributed by atoms with Gasteiger partial charge in [0.1, 0.15) is 17.9 Å². The summed E-state index contributed by atoms with van der Waals surface area (Å²) >= 11 is 5.32. The van der Waals surface area contributed by atoms with Crippen LogP contribution in [0.15, 0.2) is 59.0 Å². The van der Waals surface area contributed by atoms with Crippen LogP contribution < -0.4 is 5.32 Å². The summed E-state index contributed by atoms with van der Waals surface area (Å²) in [7, 11) is 0. The lowest BCUT2D eigenvalue weighted by Crippen LogP contribution is -2.30. The molecule has 0 saturated heterocycles. The summed E-state index contributed by atoms with van der Waals surface area (Å²) in [6.07, 6.45) is 0. The maximum absolute atomic E-state index is 12.7. The zero-order valence-corrected chi connectivity index (χ0v) is 16.4. The lowest BCUT2D eigenvalue weighted by molar-refractivity contribution is -0.122. The number of benzene rings is 2. The molecule has 2 N–H and O–H groups in total. The first kappa shape index (κ1) is 18.2. The molecule has 2 heterocycles. The minimum Gasteiger partial charge on any atom is -0.459 e. The molecule has 1 unspecified atom stereocenters. The zero-order chi connectivity index (χ0) is 19.7. The predicted molar refractivity (Wildman–Crippen MR) is 110 cm³/mol. The topological polar surface area (TPSA) is 75.8 Å². The summed E-state index contributed by atoms with van der Waals surface area (Å²) < 4.78 is 7.94. The lowest BCUT2D eigenvalue weighted by Gasteiger charge is -2.13. The second-order valence-corrected chi connectivity index (χ2v) is 7.17. The van der Waals surface area contributed by atoms with Crippen molar-refractivity contribution in [1.29, 1.82) is 0 Å². The molecule has 2 aromatic heterocycles. The van der Waals surface area contributed by atoms with Crippen LogP contribution in [0.4, 0.5) is 0 Å². The van der Waals surface area contributed by atoms with Gasteiger partial charge in [-0.05, 0) is 44.3 Å². The molecule has 0 radical (unpaired) electrons. The van der Waals surface area contributed by atoms with Gasteiger partial charge >= 0.3 is 0 Å². The first-order valence-electron chi connectivity index (χ1n) is 9.01. The molecule has 28 heavy (non-hydrogen) atoms. The van der Waals surface area contributed by atoms with E-state index in [9.17, 15) is 4.79 Å². The van der Waals surface area contributed by atoms with E-state index in [0.29, 0.717) is 16.4 Å². The van der Waals surface area contributed by atoms with Crippen LogP contribution in [-0.2, 0) is 11.3 Å². The van der Waals surface area contributed by atoms with Gasteiger partial charge in [-0.25, -0.2) is 0 Å². The van der Waals surface area contributed by atoms with Crippen LogP contribution in [0.25, 0.3) is 22.4 Å². The van der Waals surface area contributed by atoms with Crippen molar-refractivity contribution in [2.24, 2.45) is 0 Å². The maximum atomic E-state index is 12.7. The lowest BCUT2D eigenvalue weighted by atomic mass is 10.1. The molecular formula is C21H20N4O2S. The van der Waals surface area contributed by atoms with Gasteiger partial charge in [-0.3, -0.25) is 14.5 Å². The third-order valence-electron chi connectivity index (χ3n) is 4.59. The minimum absolute atomic E-state index is 0.0726. The van der Waals surface area contributed by atoms with Crippen LogP contribution in [0.1, 0.15) is 24.3 Å². The summed E-state index contributed by atoms with van der Waals surface area (Å²) in [6, 6.07) is 17.4. The molecule has 0 aliphatic rings. The fourth-order valence-corrected chi connectivity index (χ4v) is 3.38. The molecule has 7 heteroatoms. The summed E-state index contributed by atoms with van der Waals surface area (Å²) in [5.74, 6) is 1.18. The number of rotatable bonds is 5. The van der Waals surface area contributed by atoms with E-state index in [1.54, 1.807) is 4.57 Å². The molecular weight excluding hydrogens is 372 g/mol. The Morgan fingerprint density at radius 2 is 2.07 bits per heavy atom. The van der Waals surface area contributed by atoms with E-state index in [-0.39, 0.29) is 18.5 Å². The molecule has 0 bridgehead atoms. The minimum atomic E-state index is -0.261. The number of aromatic amines is 1. The number of hydrogen-bond donors (Lipinski definition) is 2. The average Bonchev–Trinajstić information content (AvgIpc) is 3.26. The standard InChI is InChI=1S/C21H20N4O2S/c1-13-6-5-8-16(10-13)20-23-24-21(28)25(20)12-19(26)22-14(2)18-11-15-7-3-4-9-17(15)27-18/h3-11,14H,12H2,1-2H3,(H,22,26)(H,24,28). The van der Waals surface area contributed by atoms with Crippen LogP contribution in [0.2, 0.25) is 0 Å². The number of carbonyl (C=O) groups is 1. The van der Waals surface area contributed by atoms with E-state index in [0.717, 1.165) is 22.1 Å². The molecule has 142 valence electrons. The summed E-state index contributed by atoms with van der Waals surface area (Å²) in [5.41, 5.74) is 2.82. The van der Waals surface area contributed by atoms with Crippen molar-refractivity contribution in [3.8, 4) is 11.4 Å². The van der Waals surface area contributed by atoms with Crippen molar-refractivity contribution in [2.75, 3.05) is 0 Å². The highest BCUT2D eigenvalue weighted by atomic mass is 32.1. The third kappa shape index (κ3) is 3.61. The molecule has 2 aromatic carbocycles. The number of furan rings is 1. The Morgan fingerprint density at radius 1 is 1.25 bits per heavy atom. The highest BCUT2D eigenvalue weighted by Gasteiger charge is 2.17. The molecule has 0 saturated carbocycles. The van der Waals surface area contributed by atoms with Gasteiger partial charge in [0.2, 0.25) is 5.91 Å². The second-order valence-electron chi connectivity index (χ2n) is 6.78. The maximum Gasteiger partial charge on any atom is 0.240 e. The number of fused-ring (bicyclic) bond motifs is 1. The highest BCUT2D eigenvalue weighted by Crippen LogP contribution is 2.24. The van der Waals surface area contributed by atoms with Crippen molar-refractivity contribution >= 4 is 29.1 Å². The monoisotopic (exact) mass is 392 g/mol. The van der Waals surface area contributed by atoms with Crippen LogP contribution >= 0.6 is 12.2 Å². The van der Waals surface area contributed by atoms with Gasteiger partial charge in [0, 0.05) is 10.9 Å². The Balaban J connectivity index is 1.52. The van der Waals surface area contributed by atoms with E-state index >= 15 is 0 Å². The van der Waals surface area contributed by atoms with E-state index < -0.39 is 0 Å². The number of hydrogen-bond acceptors (Lipinski definition) is 4. The fraction of sp³-hybridized carbons (Fsp3) is 0.190. The van der Waals surface area contributed by atoms with Crippen LogP contribution in [0.5, 0.6) is 0 Å². The molecule has 1 amide bonds. The van der Waals surface area contributed by atoms with Crippen molar-refractivity contribution in [2.45, 2.75) is 26.4 Å². The Hall–Kier alpha value is -3.19. The molecule has 4 rings (SSSR count).